The average molecular weight is 495 g/mol. The first-order valence-corrected chi connectivity index (χ1v) is 13.0. The van der Waals surface area contributed by atoms with Crippen molar-refractivity contribution in [1.29, 1.82) is 0 Å². The Bertz CT molecular complexity index is 1210. The molecule has 0 fully saturated rings. The Morgan fingerprint density at radius 3 is 2.09 bits per heavy atom. The molecule has 0 aliphatic carbocycles. The van der Waals surface area contributed by atoms with Gasteiger partial charge in [0.05, 0.1) is 12.8 Å². The summed E-state index contributed by atoms with van der Waals surface area (Å²) in [6, 6.07) is 21.5. The first kappa shape index (κ1) is 26.1. The predicted molar refractivity (Wildman–Crippen MR) is 134 cm³/mol. The second-order valence-electron chi connectivity index (χ2n) is 8.31. The highest BCUT2D eigenvalue weighted by Crippen LogP contribution is 2.16. The number of likely N-dealkylation sites (N-methyl/N-ethyl adjacent to an activating group) is 1. The summed E-state index contributed by atoms with van der Waals surface area (Å²) in [4.78, 5) is 32.5. The van der Waals surface area contributed by atoms with Crippen LogP contribution in [0.4, 0.5) is 0 Å². The van der Waals surface area contributed by atoms with Crippen LogP contribution in [0.3, 0.4) is 0 Å². The molecule has 2 amide bonds. The van der Waals surface area contributed by atoms with Gasteiger partial charge in [0.25, 0.3) is 0 Å². The molecule has 8 nitrogen and oxygen atoms in total. The number of hydrogen-bond donors (Lipinski definition) is 1. The molecule has 184 valence electrons. The van der Waals surface area contributed by atoms with Gasteiger partial charge in [0.2, 0.25) is 21.8 Å². The van der Waals surface area contributed by atoms with E-state index in [1.807, 2.05) is 66.7 Å². The van der Waals surface area contributed by atoms with E-state index in [1.165, 1.54) is 11.9 Å². The number of pyridine rings is 1. The highest BCUT2D eigenvalue weighted by atomic mass is 32.2. The fourth-order valence-corrected chi connectivity index (χ4v) is 3.89. The van der Waals surface area contributed by atoms with Gasteiger partial charge in [-0.05, 0) is 22.8 Å². The molecular formula is C26H30N4O4S. The van der Waals surface area contributed by atoms with Crippen LogP contribution in [-0.4, -0.2) is 60.3 Å². The summed E-state index contributed by atoms with van der Waals surface area (Å²) in [5, 5.41) is 2.92. The van der Waals surface area contributed by atoms with E-state index in [4.69, 9.17) is 0 Å². The van der Waals surface area contributed by atoms with Gasteiger partial charge in [-0.25, -0.2) is 8.42 Å². The number of aromatic nitrogens is 1. The van der Waals surface area contributed by atoms with Crippen LogP contribution in [0.2, 0.25) is 0 Å². The van der Waals surface area contributed by atoms with Crippen LogP contribution in [0.1, 0.15) is 16.7 Å². The largest absolute Gasteiger partial charge is 0.350 e. The second kappa shape index (κ2) is 12.2. The van der Waals surface area contributed by atoms with Crippen LogP contribution in [0.5, 0.6) is 0 Å². The number of carbonyl (C=O) groups excluding carboxylic acids is 2. The molecule has 35 heavy (non-hydrogen) atoms. The molecule has 1 aromatic heterocycles. The Kier molecular flexibility index (Phi) is 9.11. The molecule has 0 unspecified atom stereocenters. The lowest BCUT2D eigenvalue weighted by molar-refractivity contribution is -0.141. The van der Waals surface area contributed by atoms with Crippen LogP contribution in [0.15, 0.2) is 85.2 Å². The maximum absolute atomic E-state index is 13.5. The zero-order chi connectivity index (χ0) is 25.3. The van der Waals surface area contributed by atoms with Gasteiger partial charge in [0.1, 0.15) is 6.04 Å². The molecule has 0 aliphatic heterocycles. The quantitative estimate of drug-likeness (QED) is 0.441. The Morgan fingerprint density at radius 2 is 1.51 bits per heavy atom. The molecule has 0 saturated heterocycles. The van der Waals surface area contributed by atoms with Gasteiger partial charge < -0.3 is 10.2 Å². The van der Waals surface area contributed by atoms with E-state index in [2.05, 4.69) is 10.3 Å². The predicted octanol–water partition coefficient (Wildman–Crippen LogP) is 2.23. The van der Waals surface area contributed by atoms with Gasteiger partial charge in [-0.2, -0.15) is 4.31 Å². The van der Waals surface area contributed by atoms with Crippen LogP contribution in [-0.2, 0) is 39.1 Å². The first-order chi connectivity index (χ1) is 16.7. The third-order valence-corrected chi connectivity index (χ3v) is 6.84. The fraction of sp³-hybridized carbons (Fsp3) is 0.269. The summed E-state index contributed by atoms with van der Waals surface area (Å²) < 4.78 is 24.9. The molecule has 9 heteroatoms. The highest BCUT2D eigenvalue weighted by Gasteiger charge is 2.31. The van der Waals surface area contributed by atoms with Gasteiger partial charge in [0, 0.05) is 39.0 Å². The van der Waals surface area contributed by atoms with E-state index in [0.29, 0.717) is 0 Å². The Hall–Kier alpha value is -3.56. The smallest absolute Gasteiger partial charge is 0.243 e. The molecule has 1 heterocycles. The number of benzene rings is 2. The summed E-state index contributed by atoms with van der Waals surface area (Å²) >= 11 is 0. The molecular weight excluding hydrogens is 464 g/mol. The molecule has 3 rings (SSSR count). The lowest BCUT2D eigenvalue weighted by Crippen LogP contribution is -2.52. The molecule has 0 bridgehead atoms. The van der Waals surface area contributed by atoms with Crippen molar-refractivity contribution in [2.45, 2.75) is 25.6 Å². The highest BCUT2D eigenvalue weighted by molar-refractivity contribution is 7.88. The van der Waals surface area contributed by atoms with Crippen molar-refractivity contribution in [3.63, 3.8) is 0 Å². The number of nitrogens with one attached hydrogen (secondary N) is 1. The molecule has 0 saturated carbocycles. The maximum Gasteiger partial charge on any atom is 0.243 e. The maximum atomic E-state index is 13.5. The van der Waals surface area contributed by atoms with Gasteiger partial charge >= 0.3 is 0 Å². The molecule has 1 N–H and O–H groups in total. The SMILES string of the molecule is CN(CC(=O)N(Cc1ccccc1)[C@H](Cc1ccccc1)C(=O)NCc1cccnc1)S(C)(=O)=O. The first-order valence-electron chi connectivity index (χ1n) is 11.2. The van der Waals surface area contributed by atoms with Gasteiger partial charge in [0.15, 0.2) is 0 Å². The van der Waals surface area contributed by atoms with Crippen molar-refractivity contribution in [2.75, 3.05) is 19.8 Å². The lowest BCUT2D eigenvalue weighted by Gasteiger charge is -2.32. The van der Waals surface area contributed by atoms with Gasteiger partial charge in [-0.15, -0.1) is 0 Å². The summed E-state index contributed by atoms with van der Waals surface area (Å²) in [5.74, 6) is -0.789. The average Bonchev–Trinajstić information content (AvgIpc) is 2.86. The summed E-state index contributed by atoms with van der Waals surface area (Å²) in [5.41, 5.74) is 2.55. The minimum absolute atomic E-state index is 0.162. The van der Waals surface area contributed by atoms with Crippen LogP contribution in [0, 0.1) is 0 Å². The molecule has 0 aliphatic rings. The molecule has 0 spiro atoms. The topological polar surface area (TPSA) is 99.7 Å². The minimum atomic E-state index is -3.58. The monoisotopic (exact) mass is 494 g/mol. The van der Waals surface area contributed by atoms with Crippen molar-refractivity contribution < 1.29 is 18.0 Å². The third-order valence-electron chi connectivity index (χ3n) is 5.58. The standard InChI is InChI=1S/C26H30N4O4S/c1-29(35(2,33)34)20-25(31)30(19-22-12-7-4-8-13-22)24(16-21-10-5-3-6-11-21)26(32)28-18-23-14-9-15-27-17-23/h3-15,17,24H,16,18-20H2,1-2H3,(H,28,32)/t24-/m1/s1. The number of sulfonamides is 1. The Labute approximate surface area is 206 Å². The third kappa shape index (κ3) is 8.01. The minimum Gasteiger partial charge on any atom is -0.350 e. The van der Waals surface area contributed by atoms with E-state index in [-0.39, 0.29) is 32.0 Å². The van der Waals surface area contributed by atoms with Crippen LogP contribution in [0.25, 0.3) is 0 Å². The van der Waals surface area contributed by atoms with E-state index < -0.39 is 22.0 Å². The number of hydrogen-bond acceptors (Lipinski definition) is 5. The zero-order valence-corrected chi connectivity index (χ0v) is 20.7. The van der Waals surface area contributed by atoms with E-state index in [1.54, 1.807) is 18.5 Å². The van der Waals surface area contributed by atoms with Gasteiger partial charge in [-0.3, -0.25) is 14.6 Å². The molecule has 3 aromatic rings. The van der Waals surface area contributed by atoms with Gasteiger partial charge in [-0.1, -0.05) is 66.7 Å². The number of amides is 2. The fourth-order valence-electron chi connectivity index (χ4n) is 3.54. The molecule has 1 atom stereocenters. The van der Waals surface area contributed by atoms with Crippen molar-refractivity contribution in [1.82, 2.24) is 19.5 Å². The Morgan fingerprint density at radius 1 is 0.914 bits per heavy atom. The van der Waals surface area contributed by atoms with Crippen molar-refractivity contribution in [2.24, 2.45) is 0 Å². The summed E-state index contributed by atoms with van der Waals surface area (Å²) in [6.07, 6.45) is 4.65. The van der Waals surface area contributed by atoms with Crippen LogP contribution < -0.4 is 5.32 Å². The number of rotatable bonds is 11. The summed E-state index contributed by atoms with van der Waals surface area (Å²) in [6.45, 7) is 0.0521. The molecule has 2 aromatic carbocycles. The van der Waals surface area contributed by atoms with E-state index in [9.17, 15) is 18.0 Å². The van der Waals surface area contributed by atoms with E-state index in [0.717, 1.165) is 27.3 Å². The Balaban J connectivity index is 1.92. The second-order valence-corrected chi connectivity index (χ2v) is 10.4. The lowest BCUT2D eigenvalue weighted by atomic mass is 10.0. The van der Waals surface area contributed by atoms with Crippen LogP contribution >= 0.6 is 0 Å². The summed E-state index contributed by atoms with van der Waals surface area (Å²) in [7, 11) is -2.23. The van der Waals surface area contributed by atoms with Crippen molar-refractivity contribution >= 4 is 21.8 Å². The number of carbonyl (C=O) groups is 2. The molecule has 0 radical (unpaired) electrons. The van der Waals surface area contributed by atoms with E-state index >= 15 is 0 Å². The van der Waals surface area contributed by atoms with Crippen molar-refractivity contribution in [3.8, 4) is 0 Å². The number of nitrogens with zero attached hydrogens (tertiary/aromatic N) is 3. The normalized spacial score (nSPS) is 12.2. The zero-order valence-electron chi connectivity index (χ0n) is 19.9. The van der Waals surface area contributed by atoms with Crippen molar-refractivity contribution in [3.05, 3.63) is 102 Å².